The number of aromatic nitrogens is 2. The highest BCUT2D eigenvalue weighted by molar-refractivity contribution is 7.90. The van der Waals surface area contributed by atoms with E-state index in [9.17, 15) is 17.6 Å². The number of rotatable bonds is 5. The van der Waals surface area contributed by atoms with Crippen molar-refractivity contribution in [2.24, 2.45) is 0 Å². The van der Waals surface area contributed by atoms with Crippen LogP contribution in [-0.4, -0.2) is 24.6 Å². The summed E-state index contributed by atoms with van der Waals surface area (Å²) in [6.45, 7) is 1.64. The number of aryl methyl sites for hydroxylation is 1. The van der Waals surface area contributed by atoms with E-state index in [0.717, 1.165) is 5.56 Å². The smallest absolute Gasteiger partial charge is 0.329 e. The summed E-state index contributed by atoms with van der Waals surface area (Å²) in [7, 11) is -3.99. The molecule has 2 aromatic carbocycles. The Morgan fingerprint density at radius 1 is 1.11 bits per heavy atom. The molecule has 0 spiro atoms. The molecule has 0 fully saturated rings. The fraction of sp³-hybridized carbons (Fsp3) is 0.118. The molecule has 27 heavy (non-hydrogen) atoms. The zero-order chi connectivity index (χ0) is 19.4. The number of halogens is 1. The van der Waals surface area contributed by atoms with Crippen LogP contribution in [0, 0.1) is 12.7 Å². The van der Waals surface area contributed by atoms with Gasteiger partial charge >= 0.3 is 6.03 Å². The van der Waals surface area contributed by atoms with Gasteiger partial charge < -0.3 is 9.84 Å². The van der Waals surface area contributed by atoms with Gasteiger partial charge in [-0.25, -0.2) is 22.3 Å². The molecule has 8 nitrogen and oxygen atoms in total. The van der Waals surface area contributed by atoms with Gasteiger partial charge in [-0.1, -0.05) is 22.9 Å². The van der Waals surface area contributed by atoms with Crippen LogP contribution in [0.15, 0.2) is 57.9 Å². The van der Waals surface area contributed by atoms with Crippen LogP contribution in [0.3, 0.4) is 0 Å². The molecule has 3 rings (SSSR count). The molecule has 0 bridgehead atoms. The number of benzene rings is 2. The van der Waals surface area contributed by atoms with E-state index in [-0.39, 0.29) is 23.2 Å². The molecule has 10 heteroatoms. The topological polar surface area (TPSA) is 114 Å². The number of hydrogen-bond acceptors (Lipinski definition) is 6. The number of amides is 2. The molecule has 0 saturated carbocycles. The number of carbonyl (C=O) groups excluding carboxylic acids is 1. The highest BCUT2D eigenvalue weighted by atomic mass is 32.2. The van der Waals surface area contributed by atoms with E-state index < -0.39 is 21.9 Å². The predicted octanol–water partition coefficient (Wildman–Crippen LogP) is 2.37. The van der Waals surface area contributed by atoms with Crippen molar-refractivity contribution in [2.45, 2.75) is 18.4 Å². The maximum atomic E-state index is 12.9. The van der Waals surface area contributed by atoms with Gasteiger partial charge in [-0.05, 0) is 43.3 Å². The molecule has 1 aromatic heterocycles. The maximum absolute atomic E-state index is 12.9. The average molecular weight is 390 g/mol. The SMILES string of the molecule is Cc1ccc(S(=O)(=O)NC(=O)NCc2nc(-c3ccc(F)cc3)no2)cc1. The monoisotopic (exact) mass is 390 g/mol. The van der Waals surface area contributed by atoms with Gasteiger partial charge in [-0.3, -0.25) is 0 Å². The summed E-state index contributed by atoms with van der Waals surface area (Å²) in [5, 5.41) is 6.05. The van der Waals surface area contributed by atoms with E-state index in [0.29, 0.717) is 5.56 Å². The van der Waals surface area contributed by atoms with Gasteiger partial charge in [0, 0.05) is 5.56 Å². The second kappa shape index (κ2) is 7.54. The lowest BCUT2D eigenvalue weighted by Gasteiger charge is -2.07. The first-order chi connectivity index (χ1) is 12.8. The lowest BCUT2D eigenvalue weighted by molar-refractivity contribution is 0.243. The van der Waals surface area contributed by atoms with E-state index in [4.69, 9.17) is 4.52 Å². The summed E-state index contributed by atoms with van der Waals surface area (Å²) in [6, 6.07) is 10.6. The summed E-state index contributed by atoms with van der Waals surface area (Å²) in [5.74, 6) is -0.104. The van der Waals surface area contributed by atoms with Crippen molar-refractivity contribution >= 4 is 16.1 Å². The van der Waals surface area contributed by atoms with E-state index in [1.807, 2.05) is 11.6 Å². The Morgan fingerprint density at radius 3 is 2.44 bits per heavy atom. The van der Waals surface area contributed by atoms with Crippen LogP contribution in [0.2, 0.25) is 0 Å². The molecule has 0 unspecified atom stereocenters. The lowest BCUT2D eigenvalue weighted by Crippen LogP contribution is -2.39. The quantitative estimate of drug-likeness (QED) is 0.691. The zero-order valence-electron chi connectivity index (χ0n) is 14.1. The van der Waals surface area contributed by atoms with Crippen LogP contribution in [0.4, 0.5) is 9.18 Å². The van der Waals surface area contributed by atoms with E-state index in [1.54, 1.807) is 12.1 Å². The van der Waals surface area contributed by atoms with Gasteiger partial charge in [0.2, 0.25) is 11.7 Å². The van der Waals surface area contributed by atoms with Gasteiger partial charge in [0.25, 0.3) is 10.0 Å². The molecule has 0 saturated heterocycles. The number of nitrogens with one attached hydrogen (secondary N) is 2. The fourth-order valence-electron chi connectivity index (χ4n) is 2.13. The van der Waals surface area contributed by atoms with E-state index in [1.165, 1.54) is 36.4 Å². The van der Waals surface area contributed by atoms with Crippen LogP contribution < -0.4 is 10.0 Å². The Bertz CT molecular complexity index is 1050. The minimum atomic E-state index is -3.99. The molecule has 0 radical (unpaired) electrons. The molecule has 0 aliphatic carbocycles. The number of carbonyl (C=O) groups is 1. The zero-order valence-corrected chi connectivity index (χ0v) is 15.0. The van der Waals surface area contributed by atoms with Gasteiger partial charge in [-0.2, -0.15) is 4.98 Å². The summed E-state index contributed by atoms with van der Waals surface area (Å²) < 4.78 is 44.1. The fourth-order valence-corrected chi connectivity index (χ4v) is 3.06. The summed E-state index contributed by atoms with van der Waals surface area (Å²) in [6.07, 6.45) is 0. The molecule has 2 amide bonds. The molecular weight excluding hydrogens is 375 g/mol. The summed E-state index contributed by atoms with van der Waals surface area (Å²) >= 11 is 0. The second-order valence-electron chi connectivity index (χ2n) is 5.62. The Balaban J connectivity index is 1.59. The van der Waals surface area contributed by atoms with Crippen molar-refractivity contribution in [3.63, 3.8) is 0 Å². The van der Waals surface area contributed by atoms with Gasteiger partial charge in [0.05, 0.1) is 11.4 Å². The molecule has 140 valence electrons. The molecule has 0 aliphatic heterocycles. The standard InChI is InChI=1S/C17H15FN4O4S/c1-11-2-8-14(9-3-11)27(24,25)22-17(23)19-10-15-20-16(21-26-15)12-4-6-13(18)7-5-12/h2-9H,10H2,1H3,(H2,19,22,23). The highest BCUT2D eigenvalue weighted by Crippen LogP contribution is 2.16. The Labute approximate surface area is 154 Å². The average Bonchev–Trinajstić information content (AvgIpc) is 3.10. The number of hydrogen-bond donors (Lipinski definition) is 2. The first-order valence-corrected chi connectivity index (χ1v) is 9.28. The first-order valence-electron chi connectivity index (χ1n) is 7.79. The third-order valence-electron chi connectivity index (χ3n) is 3.53. The predicted molar refractivity (Wildman–Crippen MR) is 93.4 cm³/mol. The second-order valence-corrected chi connectivity index (χ2v) is 7.30. The van der Waals surface area contributed by atoms with Gasteiger partial charge in [0.15, 0.2) is 0 Å². The van der Waals surface area contributed by atoms with Crippen molar-refractivity contribution in [2.75, 3.05) is 0 Å². The molecule has 1 heterocycles. The summed E-state index contributed by atoms with van der Waals surface area (Å²) in [4.78, 5) is 15.9. The number of sulfonamides is 1. The maximum Gasteiger partial charge on any atom is 0.329 e. The van der Waals surface area contributed by atoms with Crippen LogP contribution >= 0.6 is 0 Å². The molecule has 3 aromatic rings. The summed E-state index contributed by atoms with van der Waals surface area (Å²) in [5.41, 5.74) is 1.43. The molecular formula is C17H15FN4O4S. The van der Waals surface area contributed by atoms with E-state index >= 15 is 0 Å². The Hall–Kier alpha value is -3.27. The van der Waals surface area contributed by atoms with Crippen molar-refractivity contribution in [3.05, 3.63) is 65.8 Å². The molecule has 0 aliphatic rings. The Kier molecular flexibility index (Phi) is 5.17. The molecule has 0 atom stereocenters. The normalized spacial score (nSPS) is 11.2. The van der Waals surface area contributed by atoms with Crippen LogP contribution in [-0.2, 0) is 16.6 Å². The van der Waals surface area contributed by atoms with Crippen LogP contribution in [0.25, 0.3) is 11.4 Å². The lowest BCUT2D eigenvalue weighted by atomic mass is 10.2. The van der Waals surface area contributed by atoms with Gasteiger partial charge in [-0.15, -0.1) is 0 Å². The van der Waals surface area contributed by atoms with Crippen molar-refractivity contribution in [3.8, 4) is 11.4 Å². The third kappa shape index (κ3) is 4.67. The number of urea groups is 1. The van der Waals surface area contributed by atoms with E-state index in [2.05, 4.69) is 15.5 Å². The minimum absolute atomic E-state index is 0.0281. The first kappa shape index (κ1) is 18.5. The third-order valence-corrected chi connectivity index (χ3v) is 4.88. The highest BCUT2D eigenvalue weighted by Gasteiger charge is 2.18. The van der Waals surface area contributed by atoms with Crippen molar-refractivity contribution < 1.29 is 22.1 Å². The van der Waals surface area contributed by atoms with Crippen molar-refractivity contribution in [1.82, 2.24) is 20.2 Å². The van der Waals surface area contributed by atoms with Crippen LogP contribution in [0.1, 0.15) is 11.5 Å². The van der Waals surface area contributed by atoms with Crippen molar-refractivity contribution in [1.29, 1.82) is 0 Å². The van der Waals surface area contributed by atoms with Gasteiger partial charge in [0.1, 0.15) is 5.82 Å². The molecule has 2 N–H and O–H groups in total. The Morgan fingerprint density at radius 2 is 1.78 bits per heavy atom. The van der Waals surface area contributed by atoms with Crippen LogP contribution in [0.5, 0.6) is 0 Å². The largest absolute Gasteiger partial charge is 0.337 e. The minimum Gasteiger partial charge on any atom is -0.337 e. The number of nitrogens with zero attached hydrogens (tertiary/aromatic N) is 2.